The number of aromatic nitrogens is 4. The van der Waals surface area contributed by atoms with Gasteiger partial charge in [-0.1, -0.05) is 0 Å². The van der Waals surface area contributed by atoms with Gasteiger partial charge in [-0.05, 0) is 6.92 Å². The molecule has 1 N–H and O–H groups in total. The van der Waals surface area contributed by atoms with Crippen molar-refractivity contribution < 1.29 is 9.90 Å². The molecule has 0 saturated heterocycles. The molecule has 0 amide bonds. The molecule has 0 radical (unpaired) electrons. The Balaban J connectivity index is 2.48. The molecule has 0 unspecified atom stereocenters. The van der Waals surface area contributed by atoms with Gasteiger partial charge in [0.25, 0.3) is 0 Å². The van der Waals surface area contributed by atoms with Crippen molar-refractivity contribution in [2.24, 2.45) is 0 Å². The summed E-state index contributed by atoms with van der Waals surface area (Å²) in [6, 6.07) is 1.65. The molecule has 6 nitrogen and oxygen atoms in total. The van der Waals surface area contributed by atoms with Crippen LogP contribution in [0.1, 0.15) is 16.1 Å². The van der Waals surface area contributed by atoms with E-state index < -0.39 is 5.97 Å². The summed E-state index contributed by atoms with van der Waals surface area (Å²) in [5.74, 6) is -0.451. The smallest absolute Gasteiger partial charge is 0.339 e. The number of carboxylic acid groups (broad SMARTS) is 1. The molecule has 2 aromatic heterocycles. The van der Waals surface area contributed by atoms with Crippen LogP contribution in [0.15, 0.2) is 24.8 Å². The van der Waals surface area contributed by atoms with Crippen LogP contribution in [0.2, 0.25) is 0 Å². The molecule has 0 fully saturated rings. The SMILES string of the molecule is Cc1nn(-c2ccncn2)cc1C(=O)O. The first-order valence-electron chi connectivity index (χ1n) is 4.24. The number of carboxylic acids is 1. The molecule has 2 rings (SSSR count). The van der Waals surface area contributed by atoms with Crippen molar-refractivity contribution in [1.29, 1.82) is 0 Å². The summed E-state index contributed by atoms with van der Waals surface area (Å²) in [6.07, 6.45) is 4.38. The maximum absolute atomic E-state index is 10.8. The minimum Gasteiger partial charge on any atom is -0.478 e. The first-order valence-corrected chi connectivity index (χ1v) is 4.24. The number of hydrogen-bond acceptors (Lipinski definition) is 4. The van der Waals surface area contributed by atoms with Crippen LogP contribution < -0.4 is 0 Å². The van der Waals surface area contributed by atoms with Gasteiger partial charge in [-0.2, -0.15) is 5.10 Å². The fraction of sp³-hybridized carbons (Fsp3) is 0.111. The summed E-state index contributed by atoms with van der Waals surface area (Å²) < 4.78 is 1.42. The Morgan fingerprint density at radius 3 is 2.87 bits per heavy atom. The highest BCUT2D eigenvalue weighted by molar-refractivity contribution is 5.88. The second kappa shape index (κ2) is 3.49. The number of aryl methyl sites for hydroxylation is 1. The molecular formula is C9H8N4O2. The zero-order valence-electron chi connectivity index (χ0n) is 7.95. The largest absolute Gasteiger partial charge is 0.478 e. The molecule has 0 atom stereocenters. The predicted molar refractivity (Wildman–Crippen MR) is 50.9 cm³/mol. The van der Waals surface area contributed by atoms with E-state index in [0.717, 1.165) is 0 Å². The van der Waals surface area contributed by atoms with Crippen LogP contribution in [0.5, 0.6) is 0 Å². The molecule has 6 heteroatoms. The normalized spacial score (nSPS) is 10.2. The molecule has 0 aromatic carbocycles. The summed E-state index contributed by atoms with van der Waals surface area (Å²) in [5.41, 5.74) is 0.634. The molecule has 0 bridgehead atoms. The molecule has 0 aliphatic carbocycles. The number of rotatable bonds is 2. The summed E-state index contributed by atoms with van der Waals surface area (Å²) in [6.45, 7) is 1.64. The van der Waals surface area contributed by atoms with Crippen molar-refractivity contribution >= 4 is 5.97 Å². The fourth-order valence-corrected chi connectivity index (χ4v) is 1.21. The summed E-state index contributed by atoms with van der Waals surface area (Å²) in [4.78, 5) is 18.5. The Hall–Kier alpha value is -2.24. The van der Waals surface area contributed by atoms with Crippen LogP contribution >= 0.6 is 0 Å². The zero-order valence-corrected chi connectivity index (χ0v) is 7.95. The van der Waals surface area contributed by atoms with Crippen molar-refractivity contribution in [3.05, 3.63) is 36.0 Å². The molecular weight excluding hydrogens is 196 g/mol. The molecule has 15 heavy (non-hydrogen) atoms. The Morgan fingerprint density at radius 2 is 2.33 bits per heavy atom. The van der Waals surface area contributed by atoms with Crippen LogP contribution in [-0.4, -0.2) is 30.8 Å². The van der Waals surface area contributed by atoms with Crippen molar-refractivity contribution in [2.75, 3.05) is 0 Å². The van der Waals surface area contributed by atoms with Gasteiger partial charge in [-0.25, -0.2) is 19.4 Å². The first-order chi connectivity index (χ1) is 7.18. The molecule has 0 saturated carbocycles. The highest BCUT2D eigenvalue weighted by Crippen LogP contribution is 2.08. The predicted octanol–water partition coefficient (Wildman–Crippen LogP) is 0.669. The van der Waals surface area contributed by atoms with Crippen LogP contribution in [0.4, 0.5) is 0 Å². The van der Waals surface area contributed by atoms with E-state index >= 15 is 0 Å². The second-order valence-corrected chi connectivity index (χ2v) is 2.95. The van der Waals surface area contributed by atoms with Crippen molar-refractivity contribution in [2.45, 2.75) is 6.92 Å². The lowest BCUT2D eigenvalue weighted by molar-refractivity contribution is 0.0696. The van der Waals surface area contributed by atoms with Crippen molar-refractivity contribution in [3.63, 3.8) is 0 Å². The minimum atomic E-state index is -0.993. The van der Waals surface area contributed by atoms with Gasteiger partial charge in [-0.3, -0.25) is 0 Å². The summed E-state index contributed by atoms with van der Waals surface area (Å²) >= 11 is 0. The number of nitrogens with zero attached hydrogens (tertiary/aromatic N) is 4. The average Bonchev–Trinajstić information content (AvgIpc) is 2.62. The fourth-order valence-electron chi connectivity index (χ4n) is 1.21. The maximum Gasteiger partial charge on any atom is 0.339 e. The minimum absolute atomic E-state index is 0.175. The van der Waals surface area contributed by atoms with Gasteiger partial charge in [0.2, 0.25) is 0 Å². The highest BCUT2D eigenvalue weighted by Gasteiger charge is 2.12. The third kappa shape index (κ3) is 1.69. The number of carbonyl (C=O) groups is 1. The first kappa shape index (κ1) is 9.32. The lowest BCUT2D eigenvalue weighted by atomic mass is 10.3. The number of hydrogen-bond donors (Lipinski definition) is 1. The number of aromatic carboxylic acids is 1. The topological polar surface area (TPSA) is 80.9 Å². The maximum atomic E-state index is 10.8. The van der Waals surface area contributed by atoms with Gasteiger partial charge in [0, 0.05) is 18.5 Å². The Bertz CT molecular complexity index is 492. The van der Waals surface area contributed by atoms with E-state index in [1.165, 1.54) is 17.2 Å². The summed E-state index contributed by atoms with van der Waals surface area (Å²) in [5, 5.41) is 12.9. The van der Waals surface area contributed by atoms with E-state index in [2.05, 4.69) is 15.1 Å². The van der Waals surface area contributed by atoms with Gasteiger partial charge >= 0.3 is 5.97 Å². The van der Waals surface area contributed by atoms with Gasteiger partial charge in [0.05, 0.1) is 5.69 Å². The molecule has 76 valence electrons. The van der Waals surface area contributed by atoms with Crippen molar-refractivity contribution in [3.8, 4) is 5.82 Å². The summed E-state index contributed by atoms with van der Waals surface area (Å²) in [7, 11) is 0. The van der Waals surface area contributed by atoms with Crippen LogP contribution in [0.3, 0.4) is 0 Å². The Labute approximate surface area is 85.2 Å². The molecule has 2 aromatic rings. The third-order valence-corrected chi connectivity index (χ3v) is 1.93. The molecule has 2 heterocycles. The van der Waals surface area contributed by atoms with Crippen molar-refractivity contribution in [1.82, 2.24) is 19.7 Å². The highest BCUT2D eigenvalue weighted by atomic mass is 16.4. The average molecular weight is 204 g/mol. The molecule has 0 aliphatic heterocycles. The van der Waals surface area contributed by atoms with E-state index in [1.807, 2.05) is 0 Å². The van der Waals surface area contributed by atoms with E-state index in [9.17, 15) is 4.79 Å². The van der Waals surface area contributed by atoms with Crippen LogP contribution in [-0.2, 0) is 0 Å². The quantitative estimate of drug-likeness (QED) is 0.777. The van der Waals surface area contributed by atoms with Gasteiger partial charge < -0.3 is 5.11 Å². The monoisotopic (exact) mass is 204 g/mol. The standard InChI is InChI=1S/C9H8N4O2/c1-6-7(9(14)15)4-13(12-6)8-2-3-10-5-11-8/h2-5H,1H3,(H,14,15). The Kier molecular flexibility index (Phi) is 2.17. The zero-order chi connectivity index (χ0) is 10.8. The lowest BCUT2D eigenvalue weighted by Gasteiger charge is -1.96. The third-order valence-electron chi connectivity index (χ3n) is 1.93. The van der Waals surface area contributed by atoms with E-state index in [0.29, 0.717) is 11.5 Å². The van der Waals surface area contributed by atoms with Crippen LogP contribution in [0, 0.1) is 6.92 Å². The van der Waals surface area contributed by atoms with Crippen LogP contribution in [0.25, 0.3) is 5.82 Å². The van der Waals surface area contributed by atoms with Gasteiger partial charge in [0.1, 0.15) is 11.9 Å². The van der Waals surface area contributed by atoms with E-state index in [-0.39, 0.29) is 5.56 Å². The second-order valence-electron chi connectivity index (χ2n) is 2.95. The Morgan fingerprint density at radius 1 is 1.53 bits per heavy atom. The van der Waals surface area contributed by atoms with E-state index in [4.69, 9.17) is 5.11 Å². The van der Waals surface area contributed by atoms with E-state index in [1.54, 1.807) is 19.2 Å². The lowest BCUT2D eigenvalue weighted by Crippen LogP contribution is -1.98. The molecule has 0 spiro atoms. The van der Waals surface area contributed by atoms with Gasteiger partial charge in [0.15, 0.2) is 5.82 Å². The van der Waals surface area contributed by atoms with Gasteiger partial charge in [-0.15, -0.1) is 0 Å². The molecule has 0 aliphatic rings.